The van der Waals surface area contributed by atoms with Crippen molar-refractivity contribution in [2.24, 2.45) is 0 Å². The van der Waals surface area contributed by atoms with Crippen molar-refractivity contribution in [1.29, 1.82) is 0 Å². The average molecular weight is 470 g/mol. The van der Waals surface area contributed by atoms with Gasteiger partial charge in [-0.25, -0.2) is 8.42 Å². The first kappa shape index (κ1) is 21.0. The smallest absolute Gasteiger partial charge is 0.264 e. The molecule has 1 aromatic heterocycles. The second kappa shape index (κ2) is 7.91. The number of fused-ring (bicyclic) bond motifs is 2. The lowest BCUT2D eigenvalue weighted by atomic mass is 10.0. The minimum absolute atomic E-state index is 0.145. The second-order valence-corrected chi connectivity index (χ2v) is 10.7. The number of hydrogen-bond acceptors (Lipinski definition) is 6. The molecule has 166 valence electrons. The van der Waals surface area contributed by atoms with E-state index in [0.29, 0.717) is 34.0 Å². The number of hydrogen-bond donors (Lipinski definition) is 2. The van der Waals surface area contributed by atoms with Crippen LogP contribution in [0.25, 0.3) is 0 Å². The maximum atomic E-state index is 13.5. The molecule has 0 aliphatic carbocycles. The fourth-order valence-electron chi connectivity index (χ4n) is 4.30. The number of rotatable bonds is 4. The summed E-state index contributed by atoms with van der Waals surface area (Å²) >= 11 is 1.33. The predicted octanol–water partition coefficient (Wildman–Crippen LogP) is 3.97. The van der Waals surface area contributed by atoms with Crippen molar-refractivity contribution >= 4 is 44.3 Å². The van der Waals surface area contributed by atoms with Gasteiger partial charge < -0.3 is 10.4 Å². The number of aliphatic hydroxyl groups excluding tert-OH is 1. The van der Waals surface area contributed by atoms with Crippen LogP contribution in [0.2, 0.25) is 0 Å². The molecule has 0 saturated heterocycles. The topological polar surface area (TPSA) is 90.0 Å². The number of aryl methyl sites for hydroxylation is 1. The van der Waals surface area contributed by atoms with Gasteiger partial charge in [-0.05, 0) is 49.6 Å². The van der Waals surface area contributed by atoms with Gasteiger partial charge >= 0.3 is 0 Å². The standard InChI is InChI=1S/C23H23N3O4S2/c1-15(27)22-21-19(13-31-22)24-14-25(23(21)28)17-8-4-9-18(12-17)32(29,30)26-11-5-7-16-6-2-3-10-20(16)26/h2-4,6,8-10,12-13,15,24,27H,5,7,11,14H2,1H3. The molecule has 32 heavy (non-hydrogen) atoms. The monoisotopic (exact) mass is 469 g/mol. The lowest BCUT2D eigenvalue weighted by Crippen LogP contribution is -2.40. The number of para-hydroxylation sites is 1. The molecule has 1 unspecified atom stereocenters. The van der Waals surface area contributed by atoms with Crippen molar-refractivity contribution in [3.63, 3.8) is 0 Å². The highest BCUT2D eigenvalue weighted by molar-refractivity contribution is 7.92. The first-order valence-electron chi connectivity index (χ1n) is 10.4. The molecule has 0 bridgehead atoms. The number of aliphatic hydroxyl groups is 1. The zero-order chi connectivity index (χ0) is 22.5. The number of amides is 1. The molecule has 3 heterocycles. The molecule has 0 fully saturated rings. The third-order valence-corrected chi connectivity index (χ3v) is 8.83. The number of benzene rings is 2. The summed E-state index contributed by atoms with van der Waals surface area (Å²) in [6.45, 7) is 2.27. The fraction of sp³-hybridized carbons (Fsp3) is 0.261. The number of carbonyl (C=O) groups is 1. The molecule has 2 aliphatic heterocycles. The van der Waals surface area contributed by atoms with Crippen LogP contribution in [0.1, 0.15) is 40.2 Å². The van der Waals surface area contributed by atoms with E-state index in [0.717, 1.165) is 18.4 Å². The number of nitrogens with one attached hydrogen (secondary N) is 1. The molecule has 2 N–H and O–H groups in total. The average Bonchev–Trinajstić information content (AvgIpc) is 3.24. The number of carbonyl (C=O) groups excluding carboxylic acids is 1. The van der Waals surface area contributed by atoms with Crippen LogP contribution in [0, 0.1) is 0 Å². The van der Waals surface area contributed by atoms with E-state index < -0.39 is 16.1 Å². The summed E-state index contributed by atoms with van der Waals surface area (Å²) in [4.78, 5) is 15.5. The Morgan fingerprint density at radius 2 is 1.97 bits per heavy atom. The summed E-state index contributed by atoms with van der Waals surface area (Å²) in [5.41, 5.74) is 3.35. The van der Waals surface area contributed by atoms with Gasteiger partial charge in [0.15, 0.2) is 0 Å². The van der Waals surface area contributed by atoms with E-state index in [4.69, 9.17) is 0 Å². The van der Waals surface area contributed by atoms with E-state index in [-0.39, 0.29) is 17.5 Å². The summed E-state index contributed by atoms with van der Waals surface area (Å²) < 4.78 is 28.5. The largest absolute Gasteiger partial charge is 0.388 e. The maximum Gasteiger partial charge on any atom is 0.264 e. The molecule has 1 atom stereocenters. The molecule has 2 aromatic carbocycles. The Morgan fingerprint density at radius 3 is 2.78 bits per heavy atom. The SMILES string of the molecule is CC(O)c1scc2c1C(=O)N(c1cccc(S(=O)(=O)N3CCCc4ccccc43)c1)CN2. The Bertz CT molecular complexity index is 1300. The highest BCUT2D eigenvalue weighted by Crippen LogP contribution is 2.37. The Labute approximate surface area is 191 Å². The van der Waals surface area contributed by atoms with E-state index in [1.54, 1.807) is 31.2 Å². The zero-order valence-corrected chi connectivity index (χ0v) is 19.1. The van der Waals surface area contributed by atoms with Crippen LogP contribution in [0.4, 0.5) is 17.1 Å². The van der Waals surface area contributed by atoms with Crippen molar-refractivity contribution in [3.8, 4) is 0 Å². The van der Waals surface area contributed by atoms with Crippen LogP contribution >= 0.6 is 11.3 Å². The molecule has 0 spiro atoms. The molecule has 0 saturated carbocycles. The van der Waals surface area contributed by atoms with E-state index in [1.807, 2.05) is 29.6 Å². The van der Waals surface area contributed by atoms with Crippen molar-refractivity contribution in [1.82, 2.24) is 0 Å². The van der Waals surface area contributed by atoms with Crippen LogP contribution in [0.3, 0.4) is 0 Å². The number of anilines is 3. The zero-order valence-electron chi connectivity index (χ0n) is 17.5. The minimum atomic E-state index is -3.79. The predicted molar refractivity (Wildman–Crippen MR) is 126 cm³/mol. The molecule has 0 radical (unpaired) electrons. The van der Waals surface area contributed by atoms with Gasteiger partial charge in [-0.15, -0.1) is 11.3 Å². The summed E-state index contributed by atoms with van der Waals surface area (Å²) in [5.74, 6) is -0.256. The van der Waals surface area contributed by atoms with Crippen molar-refractivity contribution in [2.75, 3.05) is 27.7 Å². The lowest BCUT2D eigenvalue weighted by molar-refractivity contribution is 0.0980. The van der Waals surface area contributed by atoms with Crippen LogP contribution in [0.15, 0.2) is 58.8 Å². The molecular formula is C23H23N3O4S2. The third-order valence-electron chi connectivity index (χ3n) is 5.87. The first-order valence-corrected chi connectivity index (χ1v) is 12.8. The summed E-state index contributed by atoms with van der Waals surface area (Å²) in [6, 6.07) is 14.1. The van der Waals surface area contributed by atoms with Gasteiger partial charge in [0.25, 0.3) is 15.9 Å². The summed E-state index contributed by atoms with van der Waals surface area (Å²) in [5, 5.41) is 15.1. The normalized spacial score (nSPS) is 16.9. The molecule has 2 aliphatic rings. The summed E-state index contributed by atoms with van der Waals surface area (Å²) in [6.07, 6.45) is 0.846. The molecule has 1 amide bonds. The van der Waals surface area contributed by atoms with E-state index >= 15 is 0 Å². The highest BCUT2D eigenvalue weighted by Gasteiger charge is 2.33. The maximum absolute atomic E-state index is 13.5. The van der Waals surface area contributed by atoms with Gasteiger partial charge in [-0.3, -0.25) is 14.0 Å². The van der Waals surface area contributed by atoms with Gasteiger partial charge in [-0.2, -0.15) is 0 Å². The first-order chi connectivity index (χ1) is 15.4. The van der Waals surface area contributed by atoms with Gasteiger partial charge in [0.05, 0.1) is 34.6 Å². The number of sulfonamides is 1. The Morgan fingerprint density at radius 1 is 1.16 bits per heavy atom. The minimum Gasteiger partial charge on any atom is -0.388 e. The Hall–Kier alpha value is -2.88. The van der Waals surface area contributed by atoms with Gasteiger partial charge in [0.1, 0.15) is 0 Å². The van der Waals surface area contributed by atoms with Gasteiger partial charge in [-0.1, -0.05) is 24.3 Å². The number of nitrogens with zero attached hydrogens (tertiary/aromatic N) is 2. The van der Waals surface area contributed by atoms with Gasteiger partial charge in [0.2, 0.25) is 0 Å². The molecule has 7 nitrogen and oxygen atoms in total. The van der Waals surface area contributed by atoms with Gasteiger partial charge in [0, 0.05) is 22.5 Å². The van der Waals surface area contributed by atoms with Crippen LogP contribution in [-0.2, 0) is 16.4 Å². The molecule has 9 heteroatoms. The van der Waals surface area contributed by atoms with Crippen molar-refractivity contribution in [2.45, 2.75) is 30.8 Å². The quantitative estimate of drug-likeness (QED) is 0.603. The second-order valence-electron chi connectivity index (χ2n) is 7.94. The van der Waals surface area contributed by atoms with Crippen LogP contribution in [0.5, 0.6) is 0 Å². The fourth-order valence-corrected chi connectivity index (χ4v) is 6.84. The molecular weight excluding hydrogens is 446 g/mol. The third kappa shape index (κ3) is 3.37. The Kier molecular flexibility index (Phi) is 5.19. The number of thiophene rings is 1. The van der Waals surface area contributed by atoms with Crippen LogP contribution < -0.4 is 14.5 Å². The van der Waals surface area contributed by atoms with Crippen molar-refractivity contribution < 1.29 is 18.3 Å². The molecule has 5 rings (SSSR count). The van der Waals surface area contributed by atoms with E-state index in [2.05, 4.69) is 5.32 Å². The Balaban J connectivity index is 1.51. The van der Waals surface area contributed by atoms with E-state index in [1.165, 1.54) is 20.5 Å². The van der Waals surface area contributed by atoms with Crippen LogP contribution in [-0.4, -0.2) is 32.6 Å². The molecule has 3 aromatic rings. The summed E-state index contributed by atoms with van der Waals surface area (Å²) in [7, 11) is -3.79. The highest BCUT2D eigenvalue weighted by atomic mass is 32.2. The lowest BCUT2D eigenvalue weighted by Gasteiger charge is -2.31. The van der Waals surface area contributed by atoms with E-state index in [9.17, 15) is 18.3 Å². The van der Waals surface area contributed by atoms with Crippen molar-refractivity contribution in [3.05, 3.63) is 69.9 Å².